The van der Waals surface area contributed by atoms with Crippen LogP contribution in [0.1, 0.15) is 30.6 Å². The van der Waals surface area contributed by atoms with Crippen LogP contribution in [0.15, 0.2) is 64.3 Å². The summed E-state index contributed by atoms with van der Waals surface area (Å²) in [5.74, 6) is -0.418. The van der Waals surface area contributed by atoms with Crippen molar-refractivity contribution in [1.29, 1.82) is 0 Å². The summed E-state index contributed by atoms with van der Waals surface area (Å²) in [6.07, 6.45) is 0.684. The highest BCUT2D eigenvalue weighted by molar-refractivity contribution is 7.89. The fourth-order valence-corrected chi connectivity index (χ4v) is 4.95. The molecule has 0 spiro atoms. The molecule has 1 aromatic heterocycles. The summed E-state index contributed by atoms with van der Waals surface area (Å²) in [4.78, 5) is 27.6. The molecule has 170 valence electrons. The number of amides is 1. The zero-order valence-electron chi connectivity index (χ0n) is 18.2. The summed E-state index contributed by atoms with van der Waals surface area (Å²) in [6.45, 7) is 5.30. The Labute approximate surface area is 187 Å². The third-order valence-corrected chi connectivity index (χ3v) is 7.19. The molecule has 32 heavy (non-hydrogen) atoms. The maximum absolute atomic E-state index is 12.9. The molecule has 0 radical (unpaired) electrons. The van der Waals surface area contributed by atoms with Crippen molar-refractivity contribution >= 4 is 32.5 Å². The van der Waals surface area contributed by atoms with Gasteiger partial charge in [-0.2, -0.15) is 4.31 Å². The lowest BCUT2D eigenvalue weighted by Crippen LogP contribution is -2.30. The quantitative estimate of drug-likeness (QED) is 0.406. The minimum absolute atomic E-state index is 0.0851. The molecule has 0 atom stereocenters. The molecule has 1 amide bonds. The number of aromatic amines is 1. The summed E-state index contributed by atoms with van der Waals surface area (Å²) >= 11 is 0. The van der Waals surface area contributed by atoms with Crippen LogP contribution >= 0.6 is 0 Å². The number of fused-ring (bicyclic) bond motifs is 1. The van der Waals surface area contributed by atoms with E-state index in [9.17, 15) is 18.0 Å². The largest absolute Gasteiger partial charge is 0.385 e. The molecular weight excluding hydrogens is 428 g/mol. The Morgan fingerprint density at radius 2 is 1.72 bits per heavy atom. The first-order valence-electron chi connectivity index (χ1n) is 10.6. The Morgan fingerprint density at radius 3 is 2.41 bits per heavy atom. The van der Waals surface area contributed by atoms with Crippen LogP contribution in [0, 0.1) is 0 Å². The third kappa shape index (κ3) is 5.35. The molecule has 0 saturated heterocycles. The third-order valence-electron chi connectivity index (χ3n) is 5.14. The number of para-hydroxylation sites is 1. The zero-order valence-corrected chi connectivity index (χ0v) is 19.0. The van der Waals surface area contributed by atoms with Crippen molar-refractivity contribution in [3.8, 4) is 0 Å². The fourth-order valence-electron chi connectivity index (χ4n) is 3.47. The highest BCUT2D eigenvalue weighted by atomic mass is 32.2. The minimum Gasteiger partial charge on any atom is -0.385 e. The first kappa shape index (κ1) is 23.5. The number of hydrogen-bond donors (Lipinski definition) is 3. The molecule has 0 aliphatic heterocycles. The number of hydrogen-bond acceptors (Lipinski definition) is 5. The predicted molar refractivity (Wildman–Crippen MR) is 127 cm³/mol. The van der Waals surface area contributed by atoms with Crippen molar-refractivity contribution in [1.82, 2.24) is 14.6 Å². The van der Waals surface area contributed by atoms with Crippen LogP contribution in [0.3, 0.4) is 0 Å². The van der Waals surface area contributed by atoms with E-state index in [0.29, 0.717) is 43.5 Å². The first-order chi connectivity index (χ1) is 15.4. The average molecular weight is 457 g/mol. The van der Waals surface area contributed by atoms with E-state index in [1.54, 1.807) is 13.8 Å². The van der Waals surface area contributed by atoms with Gasteiger partial charge in [0.05, 0.1) is 10.5 Å². The van der Waals surface area contributed by atoms with E-state index in [0.717, 1.165) is 5.69 Å². The van der Waals surface area contributed by atoms with E-state index in [2.05, 4.69) is 15.6 Å². The summed E-state index contributed by atoms with van der Waals surface area (Å²) in [5.41, 5.74) is 1.14. The van der Waals surface area contributed by atoms with Crippen molar-refractivity contribution in [3.05, 3.63) is 70.5 Å². The van der Waals surface area contributed by atoms with Crippen LogP contribution in [0.25, 0.3) is 10.9 Å². The van der Waals surface area contributed by atoms with Gasteiger partial charge in [-0.3, -0.25) is 9.59 Å². The number of H-pyrrole nitrogens is 1. The van der Waals surface area contributed by atoms with E-state index in [1.807, 2.05) is 30.3 Å². The van der Waals surface area contributed by atoms with E-state index < -0.39 is 21.5 Å². The Morgan fingerprint density at radius 1 is 1.00 bits per heavy atom. The topological polar surface area (TPSA) is 111 Å². The summed E-state index contributed by atoms with van der Waals surface area (Å²) in [6, 6.07) is 15.4. The second-order valence-corrected chi connectivity index (χ2v) is 9.18. The van der Waals surface area contributed by atoms with E-state index >= 15 is 0 Å². The zero-order chi connectivity index (χ0) is 23.1. The lowest BCUT2D eigenvalue weighted by Gasteiger charge is -2.19. The maximum atomic E-state index is 12.9. The van der Waals surface area contributed by atoms with Gasteiger partial charge in [-0.15, -0.1) is 0 Å². The number of sulfonamides is 1. The van der Waals surface area contributed by atoms with Crippen LogP contribution in [0.2, 0.25) is 0 Å². The summed E-state index contributed by atoms with van der Waals surface area (Å²) < 4.78 is 27.1. The molecule has 3 N–H and O–H groups in total. The lowest BCUT2D eigenvalue weighted by atomic mass is 10.1. The molecule has 0 bridgehead atoms. The molecule has 3 aromatic rings. The minimum atomic E-state index is -3.69. The second kappa shape index (κ2) is 10.4. The monoisotopic (exact) mass is 456 g/mol. The van der Waals surface area contributed by atoms with Crippen LogP contribution in [0.4, 0.5) is 5.69 Å². The molecule has 0 saturated carbocycles. The van der Waals surface area contributed by atoms with Crippen molar-refractivity contribution in [2.24, 2.45) is 0 Å². The van der Waals surface area contributed by atoms with Gasteiger partial charge in [0.1, 0.15) is 0 Å². The molecule has 8 nitrogen and oxygen atoms in total. The van der Waals surface area contributed by atoms with Gasteiger partial charge in [0, 0.05) is 48.8 Å². The Balaban J connectivity index is 1.77. The van der Waals surface area contributed by atoms with E-state index in [-0.39, 0.29) is 10.5 Å². The summed E-state index contributed by atoms with van der Waals surface area (Å²) in [7, 11) is -3.69. The molecule has 0 aliphatic carbocycles. The van der Waals surface area contributed by atoms with Gasteiger partial charge in [0.2, 0.25) is 15.6 Å². The van der Waals surface area contributed by atoms with Crippen molar-refractivity contribution in [3.63, 3.8) is 0 Å². The van der Waals surface area contributed by atoms with Crippen molar-refractivity contribution in [2.45, 2.75) is 25.2 Å². The number of aromatic nitrogens is 1. The molecule has 3 rings (SSSR count). The predicted octanol–water partition coefficient (Wildman–Crippen LogP) is 2.79. The van der Waals surface area contributed by atoms with Crippen LogP contribution < -0.4 is 16.2 Å². The highest BCUT2D eigenvalue weighted by Gasteiger charge is 2.23. The Kier molecular flexibility index (Phi) is 7.66. The van der Waals surface area contributed by atoms with Crippen molar-refractivity contribution in [2.75, 3.05) is 31.5 Å². The highest BCUT2D eigenvalue weighted by Crippen LogP contribution is 2.22. The number of carbonyl (C=O) groups excluding carboxylic acids is 1. The molecular formula is C23H28N4O4S. The van der Waals surface area contributed by atoms with Gasteiger partial charge in [0.25, 0.3) is 5.91 Å². The molecule has 0 fully saturated rings. The number of pyridine rings is 1. The lowest BCUT2D eigenvalue weighted by molar-refractivity contribution is 0.0955. The maximum Gasteiger partial charge on any atom is 0.252 e. The van der Waals surface area contributed by atoms with Crippen LogP contribution in [-0.4, -0.2) is 49.8 Å². The van der Waals surface area contributed by atoms with Gasteiger partial charge >= 0.3 is 0 Å². The number of rotatable bonds is 10. The number of benzene rings is 2. The van der Waals surface area contributed by atoms with Gasteiger partial charge < -0.3 is 15.6 Å². The van der Waals surface area contributed by atoms with Gasteiger partial charge in [-0.05, 0) is 36.8 Å². The molecule has 2 aromatic carbocycles. The van der Waals surface area contributed by atoms with Gasteiger partial charge in [-0.25, -0.2) is 8.42 Å². The van der Waals surface area contributed by atoms with E-state index in [1.165, 1.54) is 28.6 Å². The summed E-state index contributed by atoms with van der Waals surface area (Å²) in [5, 5.41) is 6.47. The van der Waals surface area contributed by atoms with Crippen molar-refractivity contribution < 1.29 is 13.2 Å². The Bertz CT molecular complexity index is 1240. The molecule has 0 aliphatic rings. The molecule has 9 heteroatoms. The van der Waals surface area contributed by atoms with Gasteiger partial charge in [0.15, 0.2) is 0 Å². The fraction of sp³-hybridized carbons (Fsp3) is 0.304. The molecule has 1 heterocycles. The standard InChI is InChI=1S/C23H28N4O4S/c1-3-27(4-2)32(30,31)18-11-12-21-19(15-18)20(16-22(28)26-21)23(29)25-14-8-13-24-17-9-6-5-7-10-17/h5-7,9-12,15-16,24H,3-4,8,13-14H2,1-2H3,(H,25,29)(H,26,28). The Hall–Kier alpha value is -3.17. The number of nitrogens with zero attached hydrogens (tertiary/aromatic N) is 1. The number of anilines is 1. The number of nitrogens with one attached hydrogen (secondary N) is 3. The smallest absolute Gasteiger partial charge is 0.252 e. The number of carbonyl (C=O) groups is 1. The average Bonchev–Trinajstić information content (AvgIpc) is 2.79. The SMILES string of the molecule is CCN(CC)S(=O)(=O)c1ccc2[nH]c(=O)cc(C(=O)NCCCNc3ccccc3)c2c1. The van der Waals surface area contributed by atoms with Crippen LogP contribution in [-0.2, 0) is 10.0 Å². The van der Waals surface area contributed by atoms with E-state index in [4.69, 9.17) is 0 Å². The normalized spacial score (nSPS) is 11.6. The van der Waals surface area contributed by atoms with Gasteiger partial charge in [-0.1, -0.05) is 32.0 Å². The first-order valence-corrected chi connectivity index (χ1v) is 12.0. The van der Waals surface area contributed by atoms with Crippen LogP contribution in [0.5, 0.6) is 0 Å². The second-order valence-electron chi connectivity index (χ2n) is 7.25. The molecule has 0 unspecified atom stereocenters.